The van der Waals surface area contributed by atoms with Crippen LogP contribution in [0.5, 0.6) is 5.75 Å². The average molecular weight is 389 g/mol. The van der Waals surface area contributed by atoms with Gasteiger partial charge in [-0.3, -0.25) is 4.79 Å². The standard InChI is InChI=1S/C18H10BrFO4/c19-16-10-9-15(24-16)18(22)23-14-7-3-12(4-8-14)17(21)11-1-5-13(20)6-2-11/h1-10H. The van der Waals surface area contributed by atoms with Crippen molar-refractivity contribution in [2.45, 2.75) is 0 Å². The lowest BCUT2D eigenvalue weighted by atomic mass is 10.0. The lowest BCUT2D eigenvalue weighted by molar-refractivity contribution is 0.0700. The van der Waals surface area contributed by atoms with E-state index in [2.05, 4.69) is 15.9 Å². The minimum absolute atomic E-state index is 0.0633. The van der Waals surface area contributed by atoms with Crippen LogP contribution in [0.2, 0.25) is 0 Å². The number of hydrogen-bond acceptors (Lipinski definition) is 4. The number of carbonyl (C=O) groups is 2. The van der Waals surface area contributed by atoms with Crippen molar-refractivity contribution >= 4 is 27.7 Å². The molecule has 3 rings (SSSR count). The summed E-state index contributed by atoms with van der Waals surface area (Å²) in [4.78, 5) is 24.1. The molecule has 0 spiro atoms. The molecule has 1 aromatic heterocycles. The van der Waals surface area contributed by atoms with E-state index >= 15 is 0 Å². The Labute approximate surface area is 145 Å². The molecule has 2 aromatic carbocycles. The molecule has 4 nitrogen and oxygen atoms in total. The Kier molecular flexibility index (Phi) is 4.57. The van der Waals surface area contributed by atoms with Gasteiger partial charge in [0.2, 0.25) is 5.76 Å². The number of hydrogen-bond donors (Lipinski definition) is 0. The summed E-state index contributed by atoms with van der Waals surface area (Å²) >= 11 is 3.10. The molecule has 0 saturated carbocycles. The Morgan fingerprint density at radius 2 is 1.46 bits per heavy atom. The summed E-state index contributed by atoms with van der Waals surface area (Å²) in [7, 11) is 0. The van der Waals surface area contributed by atoms with Crippen LogP contribution in [-0.4, -0.2) is 11.8 Å². The van der Waals surface area contributed by atoms with Gasteiger partial charge in [-0.25, -0.2) is 9.18 Å². The number of rotatable bonds is 4. The van der Waals surface area contributed by atoms with Gasteiger partial charge in [-0.15, -0.1) is 0 Å². The van der Waals surface area contributed by atoms with E-state index in [4.69, 9.17) is 9.15 Å². The first-order valence-electron chi connectivity index (χ1n) is 6.91. The summed E-state index contributed by atoms with van der Waals surface area (Å²) in [5.41, 5.74) is 0.781. The fraction of sp³-hybridized carbons (Fsp3) is 0. The van der Waals surface area contributed by atoms with E-state index < -0.39 is 11.8 Å². The first kappa shape index (κ1) is 16.1. The summed E-state index contributed by atoms with van der Waals surface area (Å²) in [5.74, 6) is -0.948. The second kappa shape index (κ2) is 6.80. The Bertz CT molecular complexity index is 882. The topological polar surface area (TPSA) is 56.5 Å². The van der Waals surface area contributed by atoms with E-state index in [9.17, 15) is 14.0 Å². The summed E-state index contributed by atoms with van der Waals surface area (Å²) in [6.07, 6.45) is 0. The Morgan fingerprint density at radius 3 is 2.00 bits per heavy atom. The minimum Gasteiger partial charge on any atom is -0.442 e. The molecule has 6 heteroatoms. The highest BCUT2D eigenvalue weighted by Gasteiger charge is 2.14. The largest absolute Gasteiger partial charge is 0.442 e. The van der Waals surface area contributed by atoms with Crippen molar-refractivity contribution in [2.24, 2.45) is 0 Å². The normalized spacial score (nSPS) is 10.4. The van der Waals surface area contributed by atoms with Crippen LogP contribution in [-0.2, 0) is 0 Å². The maximum Gasteiger partial charge on any atom is 0.379 e. The molecular weight excluding hydrogens is 379 g/mol. The molecule has 0 unspecified atom stereocenters. The Morgan fingerprint density at radius 1 is 0.875 bits per heavy atom. The molecule has 24 heavy (non-hydrogen) atoms. The lowest BCUT2D eigenvalue weighted by Crippen LogP contribution is -2.07. The van der Waals surface area contributed by atoms with E-state index in [0.717, 1.165) is 0 Å². The third-order valence-electron chi connectivity index (χ3n) is 3.21. The van der Waals surface area contributed by atoms with E-state index in [1.807, 2.05) is 0 Å². The van der Waals surface area contributed by atoms with E-state index in [-0.39, 0.29) is 17.3 Å². The van der Waals surface area contributed by atoms with Crippen molar-refractivity contribution in [2.75, 3.05) is 0 Å². The first-order valence-corrected chi connectivity index (χ1v) is 7.70. The number of esters is 1. The predicted octanol–water partition coefficient (Wildman–Crippen LogP) is 4.63. The number of halogens is 2. The first-order chi connectivity index (χ1) is 11.5. The van der Waals surface area contributed by atoms with Crippen LogP contribution in [0.25, 0.3) is 0 Å². The van der Waals surface area contributed by atoms with Crippen LogP contribution in [0.15, 0.2) is 69.8 Å². The highest BCUT2D eigenvalue weighted by atomic mass is 79.9. The molecule has 0 amide bonds. The Hall–Kier alpha value is -2.73. The monoisotopic (exact) mass is 388 g/mol. The zero-order chi connectivity index (χ0) is 17.1. The van der Waals surface area contributed by atoms with E-state index in [1.54, 1.807) is 6.07 Å². The molecule has 0 N–H and O–H groups in total. The number of ether oxygens (including phenoxy) is 1. The van der Waals surface area contributed by atoms with Gasteiger partial charge in [0.25, 0.3) is 0 Å². The molecule has 0 bridgehead atoms. The van der Waals surface area contributed by atoms with Crippen LogP contribution in [0.3, 0.4) is 0 Å². The maximum absolute atomic E-state index is 12.9. The predicted molar refractivity (Wildman–Crippen MR) is 87.6 cm³/mol. The SMILES string of the molecule is O=C(c1ccc(F)cc1)c1ccc(OC(=O)c2ccc(Br)o2)cc1. The Balaban J connectivity index is 1.72. The van der Waals surface area contributed by atoms with Gasteiger partial charge in [-0.1, -0.05) is 0 Å². The third kappa shape index (κ3) is 3.60. The van der Waals surface area contributed by atoms with Gasteiger partial charge in [0.15, 0.2) is 10.5 Å². The van der Waals surface area contributed by atoms with Crippen LogP contribution in [0, 0.1) is 5.82 Å². The molecule has 0 saturated heterocycles. The molecule has 0 fully saturated rings. The van der Waals surface area contributed by atoms with Crippen LogP contribution >= 0.6 is 15.9 Å². The third-order valence-corrected chi connectivity index (χ3v) is 3.63. The number of ketones is 1. The van der Waals surface area contributed by atoms with Gasteiger partial charge in [-0.2, -0.15) is 0 Å². The van der Waals surface area contributed by atoms with Gasteiger partial charge in [-0.05, 0) is 76.6 Å². The maximum atomic E-state index is 12.9. The fourth-order valence-electron chi connectivity index (χ4n) is 2.02. The molecule has 3 aromatic rings. The molecule has 0 radical (unpaired) electrons. The zero-order valence-corrected chi connectivity index (χ0v) is 13.7. The van der Waals surface area contributed by atoms with Gasteiger partial charge >= 0.3 is 5.97 Å². The van der Waals surface area contributed by atoms with Crippen molar-refractivity contribution < 1.29 is 23.1 Å². The lowest BCUT2D eigenvalue weighted by Gasteiger charge is -2.04. The average Bonchev–Trinajstić information content (AvgIpc) is 3.02. The van der Waals surface area contributed by atoms with Crippen molar-refractivity contribution in [1.82, 2.24) is 0 Å². The smallest absolute Gasteiger partial charge is 0.379 e. The molecule has 0 aliphatic carbocycles. The summed E-state index contributed by atoms with van der Waals surface area (Å²) in [6.45, 7) is 0. The van der Waals surface area contributed by atoms with Crippen LogP contribution < -0.4 is 4.74 Å². The number of furan rings is 1. The van der Waals surface area contributed by atoms with Crippen LogP contribution in [0.1, 0.15) is 26.5 Å². The molecule has 0 aliphatic heterocycles. The molecule has 120 valence electrons. The highest BCUT2D eigenvalue weighted by molar-refractivity contribution is 9.10. The van der Waals surface area contributed by atoms with E-state index in [1.165, 1.54) is 54.6 Å². The summed E-state index contributed by atoms with van der Waals surface area (Å²) < 4.78 is 23.6. The highest BCUT2D eigenvalue weighted by Crippen LogP contribution is 2.19. The second-order valence-electron chi connectivity index (χ2n) is 4.85. The molecule has 0 aliphatic rings. The van der Waals surface area contributed by atoms with Crippen molar-refractivity contribution in [3.63, 3.8) is 0 Å². The molecular formula is C18H10BrFO4. The van der Waals surface area contributed by atoms with Crippen molar-refractivity contribution in [3.8, 4) is 5.75 Å². The van der Waals surface area contributed by atoms with Gasteiger partial charge in [0.1, 0.15) is 11.6 Å². The van der Waals surface area contributed by atoms with Gasteiger partial charge in [0.05, 0.1) is 0 Å². The van der Waals surface area contributed by atoms with Gasteiger partial charge < -0.3 is 9.15 Å². The molecule has 0 atom stereocenters. The van der Waals surface area contributed by atoms with Crippen LogP contribution in [0.4, 0.5) is 4.39 Å². The number of benzene rings is 2. The fourth-order valence-corrected chi connectivity index (χ4v) is 2.33. The minimum atomic E-state index is -0.640. The summed E-state index contributed by atoms with van der Waals surface area (Å²) in [6, 6.07) is 14.4. The second-order valence-corrected chi connectivity index (χ2v) is 5.64. The summed E-state index contributed by atoms with van der Waals surface area (Å²) in [5, 5.41) is 0. The molecule has 1 heterocycles. The van der Waals surface area contributed by atoms with Crippen molar-refractivity contribution in [1.29, 1.82) is 0 Å². The quantitative estimate of drug-likeness (QED) is 0.371. The van der Waals surface area contributed by atoms with E-state index in [0.29, 0.717) is 15.8 Å². The number of carbonyl (C=O) groups excluding carboxylic acids is 2. The zero-order valence-electron chi connectivity index (χ0n) is 12.2. The van der Waals surface area contributed by atoms with Crippen molar-refractivity contribution in [3.05, 3.63) is 88.0 Å². The van der Waals surface area contributed by atoms with Gasteiger partial charge in [0, 0.05) is 11.1 Å².